The third-order valence-electron chi connectivity index (χ3n) is 3.92. The Balaban J connectivity index is 1.83. The molecule has 3 rings (SSSR count). The lowest BCUT2D eigenvalue weighted by molar-refractivity contribution is -0.385. The molecular weight excluding hydrogens is 343 g/mol. The second-order valence-electron chi connectivity index (χ2n) is 5.45. The van der Waals surface area contributed by atoms with E-state index in [9.17, 15) is 14.5 Å². The molecule has 0 saturated heterocycles. The Hall–Kier alpha value is -2.74. The molecule has 6 nitrogen and oxygen atoms in total. The summed E-state index contributed by atoms with van der Waals surface area (Å²) < 4.78 is 15.7. The Bertz CT molecular complexity index is 942. The van der Waals surface area contributed by atoms with Gasteiger partial charge in [-0.3, -0.25) is 10.1 Å². The van der Waals surface area contributed by atoms with Gasteiger partial charge in [-0.15, -0.1) is 10.2 Å². The van der Waals surface area contributed by atoms with Crippen LogP contribution in [0.15, 0.2) is 47.6 Å². The van der Waals surface area contributed by atoms with Crippen molar-refractivity contribution in [3.05, 3.63) is 69.5 Å². The predicted molar refractivity (Wildman–Crippen MR) is 93.8 cm³/mol. The van der Waals surface area contributed by atoms with Gasteiger partial charge in [-0.1, -0.05) is 36.0 Å². The first-order valence-electron chi connectivity index (χ1n) is 7.49. The molecule has 0 amide bonds. The van der Waals surface area contributed by atoms with E-state index >= 15 is 0 Å². The van der Waals surface area contributed by atoms with E-state index in [1.807, 2.05) is 6.07 Å². The molecule has 0 aliphatic rings. The van der Waals surface area contributed by atoms with Crippen molar-refractivity contribution < 1.29 is 9.31 Å². The predicted octanol–water partition coefficient (Wildman–Crippen LogP) is 4.13. The number of thioether (sulfide) groups is 1. The minimum Gasteiger partial charge on any atom is -0.305 e. The molecule has 1 aromatic heterocycles. The number of nitro groups is 1. The number of halogens is 1. The van der Waals surface area contributed by atoms with Crippen molar-refractivity contribution in [3.63, 3.8) is 0 Å². The van der Waals surface area contributed by atoms with Crippen molar-refractivity contribution in [3.8, 4) is 11.4 Å². The molecule has 0 atom stereocenters. The van der Waals surface area contributed by atoms with Crippen LogP contribution in [0.4, 0.5) is 10.1 Å². The standard InChI is InChI=1S/C17H15FN4O2S/c1-11-12(6-5-9-15(11)22(23)24)10-25-17-20-19-16(21(17)2)13-7-3-4-8-14(13)18/h3-9H,10H2,1-2H3. The Morgan fingerprint density at radius 1 is 1.20 bits per heavy atom. The Morgan fingerprint density at radius 3 is 2.68 bits per heavy atom. The molecule has 0 radical (unpaired) electrons. The van der Waals surface area contributed by atoms with Crippen LogP contribution in [-0.2, 0) is 12.8 Å². The number of benzene rings is 2. The van der Waals surface area contributed by atoms with E-state index in [-0.39, 0.29) is 16.4 Å². The van der Waals surface area contributed by atoms with Gasteiger partial charge in [0.2, 0.25) is 0 Å². The lowest BCUT2D eigenvalue weighted by Gasteiger charge is -2.07. The smallest absolute Gasteiger partial charge is 0.272 e. The van der Waals surface area contributed by atoms with Crippen molar-refractivity contribution in [1.82, 2.24) is 14.8 Å². The first-order chi connectivity index (χ1) is 12.0. The van der Waals surface area contributed by atoms with E-state index in [4.69, 9.17) is 0 Å². The van der Waals surface area contributed by atoms with Gasteiger partial charge in [0.25, 0.3) is 5.69 Å². The largest absolute Gasteiger partial charge is 0.305 e. The maximum Gasteiger partial charge on any atom is 0.272 e. The van der Waals surface area contributed by atoms with Crippen LogP contribution in [0.25, 0.3) is 11.4 Å². The van der Waals surface area contributed by atoms with Crippen LogP contribution in [0.3, 0.4) is 0 Å². The molecule has 0 aliphatic heterocycles. The van der Waals surface area contributed by atoms with Crippen molar-refractivity contribution >= 4 is 17.4 Å². The minimum absolute atomic E-state index is 0.100. The van der Waals surface area contributed by atoms with E-state index in [0.717, 1.165) is 5.56 Å². The average molecular weight is 358 g/mol. The number of aromatic nitrogens is 3. The summed E-state index contributed by atoms with van der Waals surface area (Å²) in [7, 11) is 1.77. The summed E-state index contributed by atoms with van der Waals surface area (Å²) in [5.74, 6) is 0.594. The fourth-order valence-electron chi connectivity index (χ4n) is 2.48. The molecule has 0 spiro atoms. The molecule has 0 aliphatic carbocycles. The number of rotatable bonds is 5. The highest BCUT2D eigenvalue weighted by atomic mass is 32.2. The molecule has 2 aromatic carbocycles. The van der Waals surface area contributed by atoms with Crippen molar-refractivity contribution in [1.29, 1.82) is 0 Å². The van der Waals surface area contributed by atoms with E-state index < -0.39 is 0 Å². The molecule has 8 heteroatoms. The quantitative estimate of drug-likeness (QED) is 0.389. The number of hydrogen-bond donors (Lipinski definition) is 0. The molecule has 3 aromatic rings. The highest BCUT2D eigenvalue weighted by Gasteiger charge is 2.16. The van der Waals surface area contributed by atoms with Crippen LogP contribution in [0.2, 0.25) is 0 Å². The van der Waals surface area contributed by atoms with Gasteiger partial charge in [0, 0.05) is 24.4 Å². The third-order valence-corrected chi connectivity index (χ3v) is 4.99. The summed E-state index contributed by atoms with van der Waals surface area (Å²) in [6, 6.07) is 11.4. The fourth-order valence-corrected chi connectivity index (χ4v) is 3.46. The number of nitro benzene ring substituents is 1. The number of nitrogens with zero attached hydrogens (tertiary/aromatic N) is 4. The summed E-state index contributed by atoms with van der Waals surface area (Å²) in [6.45, 7) is 1.73. The average Bonchev–Trinajstić information content (AvgIpc) is 2.95. The van der Waals surface area contributed by atoms with Gasteiger partial charge in [0.05, 0.1) is 10.5 Å². The SMILES string of the molecule is Cc1c(CSc2nnc(-c3ccccc3F)n2C)cccc1[N+](=O)[O-]. The van der Waals surface area contributed by atoms with E-state index in [2.05, 4.69) is 10.2 Å². The zero-order valence-electron chi connectivity index (χ0n) is 13.6. The second kappa shape index (κ2) is 7.02. The zero-order chi connectivity index (χ0) is 18.0. The van der Waals surface area contributed by atoms with Crippen LogP contribution in [0.5, 0.6) is 0 Å². The summed E-state index contributed by atoms with van der Waals surface area (Å²) in [5, 5.41) is 19.8. The molecule has 1 heterocycles. The molecule has 0 fully saturated rings. The Kier molecular flexibility index (Phi) is 4.80. The van der Waals surface area contributed by atoms with E-state index in [1.165, 1.54) is 23.9 Å². The molecule has 0 N–H and O–H groups in total. The highest BCUT2D eigenvalue weighted by molar-refractivity contribution is 7.98. The Morgan fingerprint density at radius 2 is 1.96 bits per heavy atom. The third kappa shape index (κ3) is 3.39. The van der Waals surface area contributed by atoms with Crippen LogP contribution in [-0.4, -0.2) is 19.7 Å². The fraction of sp³-hybridized carbons (Fsp3) is 0.176. The second-order valence-corrected chi connectivity index (χ2v) is 6.39. The molecule has 0 saturated carbocycles. The van der Waals surface area contributed by atoms with Crippen LogP contribution in [0, 0.1) is 22.9 Å². The van der Waals surface area contributed by atoms with Gasteiger partial charge in [-0.05, 0) is 24.6 Å². The summed E-state index contributed by atoms with van der Waals surface area (Å²) in [4.78, 5) is 10.6. The van der Waals surface area contributed by atoms with Crippen molar-refractivity contribution in [2.24, 2.45) is 7.05 Å². The normalized spacial score (nSPS) is 10.8. The van der Waals surface area contributed by atoms with Gasteiger partial charge in [0.1, 0.15) is 5.82 Å². The molecule has 0 unspecified atom stereocenters. The van der Waals surface area contributed by atoms with Gasteiger partial charge in [-0.25, -0.2) is 4.39 Å². The van der Waals surface area contributed by atoms with Crippen LogP contribution >= 0.6 is 11.8 Å². The lowest BCUT2D eigenvalue weighted by Crippen LogP contribution is -1.98. The van der Waals surface area contributed by atoms with E-state index in [0.29, 0.717) is 27.9 Å². The van der Waals surface area contributed by atoms with Crippen molar-refractivity contribution in [2.45, 2.75) is 17.8 Å². The summed E-state index contributed by atoms with van der Waals surface area (Å²) in [6.07, 6.45) is 0. The summed E-state index contributed by atoms with van der Waals surface area (Å²) in [5.41, 5.74) is 1.98. The maximum atomic E-state index is 13.9. The van der Waals surface area contributed by atoms with Gasteiger partial charge < -0.3 is 4.57 Å². The number of hydrogen-bond acceptors (Lipinski definition) is 5. The van der Waals surface area contributed by atoms with Crippen molar-refractivity contribution in [2.75, 3.05) is 0 Å². The molecular formula is C17H15FN4O2S. The maximum absolute atomic E-state index is 13.9. The Labute approximate surface area is 147 Å². The topological polar surface area (TPSA) is 73.8 Å². The minimum atomic E-state index is -0.387. The van der Waals surface area contributed by atoms with Crippen LogP contribution in [0.1, 0.15) is 11.1 Å². The first-order valence-corrected chi connectivity index (χ1v) is 8.47. The molecule has 25 heavy (non-hydrogen) atoms. The highest BCUT2D eigenvalue weighted by Crippen LogP contribution is 2.29. The molecule has 0 bridgehead atoms. The van der Waals surface area contributed by atoms with Gasteiger partial charge in [0.15, 0.2) is 11.0 Å². The lowest BCUT2D eigenvalue weighted by atomic mass is 10.1. The van der Waals surface area contributed by atoms with Gasteiger partial charge in [-0.2, -0.15) is 0 Å². The molecule has 128 valence electrons. The monoisotopic (exact) mass is 358 g/mol. The van der Waals surface area contributed by atoms with Crippen LogP contribution < -0.4 is 0 Å². The van der Waals surface area contributed by atoms with Gasteiger partial charge >= 0.3 is 0 Å². The zero-order valence-corrected chi connectivity index (χ0v) is 14.5. The summed E-state index contributed by atoms with van der Waals surface area (Å²) >= 11 is 1.40. The van der Waals surface area contributed by atoms with E-state index in [1.54, 1.807) is 42.8 Å². The first kappa shape index (κ1) is 17.1.